The molecule has 0 bridgehead atoms. The largest absolute Gasteiger partial charge is 0.462 e. The van der Waals surface area contributed by atoms with E-state index in [9.17, 15) is 14.3 Å². The van der Waals surface area contributed by atoms with E-state index in [4.69, 9.17) is 13.0 Å². The van der Waals surface area contributed by atoms with Gasteiger partial charge in [0.1, 0.15) is 12.3 Å². The number of esters is 1. The zero-order valence-corrected chi connectivity index (χ0v) is 20.8. The Morgan fingerprint density at radius 3 is 2.76 bits per heavy atom. The topological polar surface area (TPSA) is 46.5 Å². The summed E-state index contributed by atoms with van der Waals surface area (Å²) in [5.41, 5.74) is 0.114. The molecule has 34 heavy (non-hydrogen) atoms. The number of carbonyl (C=O) groups is 1. The smallest absolute Gasteiger partial charge is 0.302 e. The molecule has 0 radical (unpaired) electrons. The normalized spacial score (nSPS) is 41.0. The van der Waals surface area contributed by atoms with Crippen LogP contribution in [-0.2, 0) is 9.53 Å². The van der Waals surface area contributed by atoms with Crippen molar-refractivity contribution in [1.82, 2.24) is 0 Å². The van der Waals surface area contributed by atoms with Crippen LogP contribution in [-0.4, -0.2) is 29.0 Å². The molecule has 3 unspecified atom stereocenters. The minimum absolute atomic E-state index is 0.0746. The lowest BCUT2D eigenvalue weighted by Crippen LogP contribution is -2.37. The van der Waals surface area contributed by atoms with E-state index >= 15 is 0 Å². The Morgan fingerprint density at radius 1 is 1.32 bits per heavy atom. The molecule has 1 N–H and O–H groups in total. The van der Waals surface area contributed by atoms with Crippen molar-refractivity contribution in [3.8, 4) is 0 Å². The minimum Gasteiger partial charge on any atom is -0.462 e. The van der Waals surface area contributed by atoms with Crippen LogP contribution >= 0.6 is 0 Å². The van der Waals surface area contributed by atoms with Gasteiger partial charge in [-0.2, -0.15) is 0 Å². The van der Waals surface area contributed by atoms with Gasteiger partial charge in [-0.25, -0.2) is 4.39 Å². The zero-order valence-electron chi connectivity index (χ0n) is 26.8. The van der Waals surface area contributed by atoms with Gasteiger partial charge < -0.3 is 9.84 Å². The maximum Gasteiger partial charge on any atom is 0.302 e. The van der Waals surface area contributed by atoms with Crippen molar-refractivity contribution < 1.29 is 27.3 Å². The van der Waals surface area contributed by atoms with Gasteiger partial charge in [-0.05, 0) is 105 Å². The first-order chi connectivity index (χ1) is 18.4. The highest BCUT2D eigenvalue weighted by atomic mass is 19.1. The molecule has 4 saturated carbocycles. The van der Waals surface area contributed by atoms with E-state index in [0.29, 0.717) is 30.3 Å². The summed E-state index contributed by atoms with van der Waals surface area (Å²) in [7, 11) is 0. The lowest BCUT2D eigenvalue weighted by molar-refractivity contribution is -0.147. The highest BCUT2D eigenvalue weighted by Crippen LogP contribution is 2.70. The van der Waals surface area contributed by atoms with E-state index in [-0.39, 0.29) is 23.7 Å². The second-order valence-electron chi connectivity index (χ2n) is 11.7. The molecular weight excluding hydrogens is 427 g/mol. The number of hydrogen-bond donors (Lipinski definition) is 1. The van der Waals surface area contributed by atoms with Crippen molar-refractivity contribution in [2.24, 2.45) is 22.7 Å². The standard InChI is InChI=1S/C30H45FO3/c1-20-23(18-24(19-26(20)31)34-21(2)32)10-9-22-8-6-14-29(5)25(22)11-12-27(29)30(16-17-30)15-7-13-28(3,4)33/h9-10,24-27,33H,1,6-8,11-19H2,2-5H3/t24?,25?,26-,27?,29-/m0/s1/i3D3,4D3. The summed E-state index contributed by atoms with van der Waals surface area (Å²) in [4.78, 5) is 11.4. The molecule has 4 rings (SSSR count). The first-order valence-corrected chi connectivity index (χ1v) is 13.1. The number of carbonyl (C=O) groups excluding carboxylic acids is 1. The van der Waals surface area contributed by atoms with E-state index in [1.54, 1.807) is 0 Å². The predicted octanol–water partition coefficient (Wildman–Crippen LogP) is 7.40. The van der Waals surface area contributed by atoms with Crippen molar-refractivity contribution >= 4 is 5.97 Å². The number of aliphatic hydroxyl groups is 1. The summed E-state index contributed by atoms with van der Waals surface area (Å²) >= 11 is 0. The number of ether oxygens (including phenoxy) is 1. The second kappa shape index (κ2) is 9.56. The quantitative estimate of drug-likeness (QED) is 0.388. The molecule has 0 saturated heterocycles. The van der Waals surface area contributed by atoms with Crippen molar-refractivity contribution in [1.29, 1.82) is 0 Å². The van der Waals surface area contributed by atoms with Gasteiger partial charge in [0, 0.05) is 28.0 Å². The number of allylic oxidation sites excluding steroid dienone is 4. The number of fused-ring (bicyclic) bond motifs is 1. The Hall–Kier alpha value is -1.42. The van der Waals surface area contributed by atoms with E-state index in [1.165, 1.54) is 12.5 Å². The first kappa shape index (κ1) is 18.8. The number of rotatable bonds is 7. The van der Waals surface area contributed by atoms with Crippen LogP contribution in [0.1, 0.15) is 113 Å². The minimum atomic E-state index is -2.97. The Kier molecular flexibility index (Phi) is 5.28. The fourth-order valence-electron chi connectivity index (χ4n) is 7.62. The number of alkyl halides is 1. The van der Waals surface area contributed by atoms with Crippen molar-refractivity contribution in [2.75, 3.05) is 0 Å². The molecule has 0 amide bonds. The molecule has 4 fully saturated rings. The average molecular weight is 479 g/mol. The van der Waals surface area contributed by atoms with Crippen molar-refractivity contribution in [3.63, 3.8) is 0 Å². The van der Waals surface area contributed by atoms with Crippen LogP contribution in [0.5, 0.6) is 0 Å². The molecule has 4 aliphatic rings. The van der Waals surface area contributed by atoms with Gasteiger partial charge in [-0.3, -0.25) is 4.79 Å². The van der Waals surface area contributed by atoms with E-state index in [2.05, 4.69) is 19.6 Å². The van der Waals surface area contributed by atoms with Crippen molar-refractivity contribution in [3.05, 3.63) is 35.5 Å². The van der Waals surface area contributed by atoms with Crippen molar-refractivity contribution in [2.45, 2.75) is 122 Å². The third kappa shape index (κ3) is 5.37. The van der Waals surface area contributed by atoms with E-state index < -0.39 is 37.5 Å². The summed E-state index contributed by atoms with van der Waals surface area (Å²) in [5, 5.41) is 10.7. The number of hydrogen-bond acceptors (Lipinski definition) is 3. The molecule has 3 nitrogen and oxygen atoms in total. The monoisotopic (exact) mass is 478 g/mol. The molecule has 4 heteroatoms. The molecule has 0 aromatic carbocycles. The SMILES string of the molecule is [2H]C([2H])([2H])C(O)(CCCC1(C2CCC3C(=CC=C4CC(OC(C)=O)C[C@H](F)C4=C)CCC[C@@]32C)CC1)C([2H])([2H])[2H]. The molecule has 0 spiro atoms. The zero-order chi connectivity index (χ0) is 29.7. The second-order valence-corrected chi connectivity index (χ2v) is 11.7. The van der Waals surface area contributed by atoms with Gasteiger partial charge in [-0.15, -0.1) is 0 Å². The summed E-state index contributed by atoms with van der Waals surface area (Å²) in [5.74, 6) is 0.464. The molecule has 190 valence electrons. The van der Waals surface area contributed by atoms with Gasteiger partial charge in [0.25, 0.3) is 0 Å². The number of halogens is 1. The fraction of sp³-hybridized carbons (Fsp3) is 0.767. The van der Waals surface area contributed by atoms with Crippen LogP contribution in [0.4, 0.5) is 4.39 Å². The van der Waals surface area contributed by atoms with Gasteiger partial charge >= 0.3 is 5.97 Å². The Balaban J connectivity index is 1.47. The Bertz CT molecular complexity index is 1040. The highest BCUT2D eigenvalue weighted by Gasteiger charge is 2.60. The summed E-state index contributed by atoms with van der Waals surface area (Å²) in [6, 6.07) is 0. The highest BCUT2D eigenvalue weighted by molar-refractivity contribution is 5.66. The fourth-order valence-corrected chi connectivity index (χ4v) is 7.62. The van der Waals surface area contributed by atoms with E-state index in [1.807, 2.05) is 6.08 Å². The third-order valence-corrected chi connectivity index (χ3v) is 9.35. The Morgan fingerprint density at radius 2 is 2.09 bits per heavy atom. The predicted molar refractivity (Wildman–Crippen MR) is 135 cm³/mol. The van der Waals surface area contributed by atoms with Crippen LogP contribution < -0.4 is 0 Å². The molecule has 0 heterocycles. The van der Waals surface area contributed by atoms with Crippen LogP contribution in [0, 0.1) is 22.7 Å². The van der Waals surface area contributed by atoms with Crippen LogP contribution in [0.2, 0.25) is 0 Å². The summed E-state index contributed by atoms with van der Waals surface area (Å²) < 4.78 is 66.0. The lowest BCUT2D eigenvalue weighted by atomic mass is 9.59. The van der Waals surface area contributed by atoms with E-state index in [0.717, 1.165) is 56.9 Å². The first-order valence-electron chi connectivity index (χ1n) is 16.1. The van der Waals surface area contributed by atoms with Gasteiger partial charge in [0.15, 0.2) is 0 Å². The maximum absolute atomic E-state index is 14.6. The molecule has 0 aromatic rings. The summed E-state index contributed by atoms with van der Waals surface area (Å²) in [6.07, 6.45) is 11.3. The average Bonchev–Trinajstić information content (AvgIpc) is 3.51. The van der Waals surface area contributed by atoms with Crippen LogP contribution in [0.15, 0.2) is 35.5 Å². The van der Waals surface area contributed by atoms with Gasteiger partial charge in [0.2, 0.25) is 0 Å². The lowest BCUT2D eigenvalue weighted by Gasteiger charge is -2.45. The molecule has 4 aliphatic carbocycles. The summed E-state index contributed by atoms with van der Waals surface area (Å²) in [6.45, 7) is 1.74. The molecule has 0 aromatic heterocycles. The van der Waals surface area contributed by atoms with Crippen LogP contribution in [0.25, 0.3) is 0 Å². The van der Waals surface area contributed by atoms with Gasteiger partial charge in [-0.1, -0.05) is 37.6 Å². The molecular formula is C30H45FO3. The van der Waals surface area contributed by atoms with Crippen LogP contribution in [0.3, 0.4) is 0 Å². The molecule has 0 aliphatic heterocycles. The third-order valence-electron chi connectivity index (χ3n) is 9.35. The maximum atomic E-state index is 14.6. The Labute approximate surface area is 214 Å². The molecule has 5 atom stereocenters. The van der Waals surface area contributed by atoms with Gasteiger partial charge in [0.05, 0.1) is 5.60 Å².